The van der Waals surface area contributed by atoms with Gasteiger partial charge in [0.2, 0.25) is 5.91 Å². The number of hydrogen-bond acceptors (Lipinski definition) is 4. The van der Waals surface area contributed by atoms with E-state index in [-0.39, 0.29) is 23.9 Å². The molecule has 1 atom stereocenters. The van der Waals surface area contributed by atoms with Crippen LogP contribution < -0.4 is 9.86 Å². The maximum atomic E-state index is 12.5. The van der Waals surface area contributed by atoms with Crippen LogP contribution in [0.4, 0.5) is 0 Å². The van der Waals surface area contributed by atoms with E-state index in [1.54, 1.807) is 0 Å². The predicted octanol–water partition coefficient (Wildman–Crippen LogP) is 0.137. The quantitative estimate of drug-likeness (QED) is 0.692. The number of hydrogen-bond donors (Lipinski definition) is 2. The van der Waals surface area contributed by atoms with E-state index in [1.165, 1.54) is 0 Å². The molecule has 0 aromatic heterocycles. The van der Waals surface area contributed by atoms with Crippen LogP contribution in [0.2, 0.25) is 0 Å². The lowest BCUT2D eigenvalue weighted by Crippen LogP contribution is -2.50. The highest BCUT2D eigenvalue weighted by molar-refractivity contribution is 7.87. The average molecular weight is 334 g/mol. The Morgan fingerprint density at radius 3 is 2.41 bits per heavy atom. The highest BCUT2D eigenvalue weighted by Gasteiger charge is 2.26. The van der Waals surface area contributed by atoms with Crippen LogP contribution in [-0.4, -0.2) is 62.4 Å². The third-order valence-electron chi connectivity index (χ3n) is 3.94. The first-order valence-electron chi connectivity index (χ1n) is 7.91. The summed E-state index contributed by atoms with van der Waals surface area (Å²) in [7, 11) is -3.64. The highest BCUT2D eigenvalue weighted by Crippen LogP contribution is 2.16. The summed E-state index contributed by atoms with van der Waals surface area (Å²) >= 11 is 0. The van der Waals surface area contributed by atoms with Gasteiger partial charge in [0.15, 0.2) is 0 Å². The molecule has 0 radical (unpaired) electrons. The van der Waals surface area contributed by atoms with Crippen LogP contribution in [0.3, 0.4) is 0 Å². The summed E-state index contributed by atoms with van der Waals surface area (Å²) in [5, 5.41) is 4.96. The Morgan fingerprint density at radius 1 is 1.32 bits per heavy atom. The van der Waals surface area contributed by atoms with Crippen LogP contribution in [0, 0.1) is 5.92 Å². The number of piperidine rings is 1. The SMILES string of the molecule is CC(C)N(C(=O)CN1CCCC(CNS(N)(=O)=O)C1)C(C)C. The number of nitrogens with one attached hydrogen (secondary N) is 1. The second kappa shape index (κ2) is 8.24. The topological polar surface area (TPSA) is 95.7 Å². The van der Waals surface area contributed by atoms with Gasteiger partial charge in [0.1, 0.15) is 0 Å². The molecule has 7 nitrogen and oxygen atoms in total. The maximum Gasteiger partial charge on any atom is 0.274 e. The van der Waals surface area contributed by atoms with Gasteiger partial charge in [-0.25, -0.2) is 9.86 Å². The molecule has 0 spiro atoms. The first-order chi connectivity index (χ1) is 10.1. The first-order valence-corrected chi connectivity index (χ1v) is 9.45. The molecule has 1 heterocycles. The molecule has 1 rings (SSSR count). The maximum absolute atomic E-state index is 12.5. The Labute approximate surface area is 134 Å². The molecule has 1 aliphatic heterocycles. The molecule has 1 unspecified atom stereocenters. The third kappa shape index (κ3) is 6.60. The molecule has 0 bridgehead atoms. The second-order valence-electron chi connectivity index (χ2n) is 6.63. The van der Waals surface area contributed by atoms with E-state index >= 15 is 0 Å². The molecule has 22 heavy (non-hydrogen) atoms. The van der Waals surface area contributed by atoms with Crippen LogP contribution in [0.25, 0.3) is 0 Å². The fourth-order valence-electron chi connectivity index (χ4n) is 3.14. The number of amides is 1. The summed E-state index contributed by atoms with van der Waals surface area (Å²) in [4.78, 5) is 16.5. The molecule has 3 N–H and O–H groups in total. The van der Waals surface area contributed by atoms with Gasteiger partial charge < -0.3 is 4.90 Å². The number of likely N-dealkylation sites (tertiary alicyclic amines) is 1. The summed E-state index contributed by atoms with van der Waals surface area (Å²) < 4.78 is 24.3. The molecule has 0 aromatic rings. The van der Waals surface area contributed by atoms with Crippen molar-refractivity contribution in [3.63, 3.8) is 0 Å². The number of carbonyl (C=O) groups excluding carboxylic acids is 1. The number of nitrogens with two attached hydrogens (primary N) is 1. The van der Waals surface area contributed by atoms with E-state index in [0.29, 0.717) is 13.1 Å². The Bertz CT molecular complexity index is 457. The third-order valence-corrected chi connectivity index (χ3v) is 4.50. The first kappa shape index (κ1) is 19.3. The van der Waals surface area contributed by atoms with Crippen LogP contribution in [-0.2, 0) is 15.0 Å². The molecule has 8 heteroatoms. The van der Waals surface area contributed by atoms with Gasteiger partial charge in [-0.2, -0.15) is 8.42 Å². The fraction of sp³-hybridized carbons (Fsp3) is 0.929. The van der Waals surface area contributed by atoms with E-state index in [4.69, 9.17) is 5.14 Å². The Hall–Kier alpha value is -0.700. The number of carbonyl (C=O) groups is 1. The monoisotopic (exact) mass is 334 g/mol. The van der Waals surface area contributed by atoms with Crippen molar-refractivity contribution in [1.29, 1.82) is 0 Å². The van der Waals surface area contributed by atoms with Gasteiger partial charge in [-0.3, -0.25) is 9.69 Å². The summed E-state index contributed by atoms with van der Waals surface area (Å²) in [6.07, 6.45) is 1.92. The minimum absolute atomic E-state index is 0.130. The molecule has 130 valence electrons. The van der Waals surface area contributed by atoms with E-state index in [1.807, 2.05) is 32.6 Å². The summed E-state index contributed by atoms with van der Waals surface area (Å²) in [5.74, 6) is 0.330. The van der Waals surface area contributed by atoms with Gasteiger partial charge >= 0.3 is 0 Å². The summed E-state index contributed by atoms with van der Waals surface area (Å²) in [5.41, 5.74) is 0. The number of rotatable bonds is 7. The predicted molar refractivity (Wildman–Crippen MR) is 87.4 cm³/mol. The zero-order chi connectivity index (χ0) is 16.9. The van der Waals surface area contributed by atoms with Crippen LogP contribution in [0.1, 0.15) is 40.5 Å². The van der Waals surface area contributed by atoms with E-state index < -0.39 is 10.2 Å². The molecule has 1 fully saturated rings. The Balaban J connectivity index is 2.53. The fourth-order valence-corrected chi connectivity index (χ4v) is 3.61. The molecule has 1 saturated heterocycles. The van der Waals surface area contributed by atoms with Gasteiger partial charge in [0.25, 0.3) is 10.2 Å². The Morgan fingerprint density at radius 2 is 1.91 bits per heavy atom. The molecule has 0 aliphatic carbocycles. The lowest BCUT2D eigenvalue weighted by atomic mass is 9.98. The van der Waals surface area contributed by atoms with Crippen molar-refractivity contribution in [2.45, 2.75) is 52.6 Å². The van der Waals surface area contributed by atoms with Gasteiger partial charge in [0, 0.05) is 25.2 Å². The van der Waals surface area contributed by atoms with Crippen molar-refractivity contribution >= 4 is 16.1 Å². The standard InChI is InChI=1S/C14H30N4O3S/c1-11(2)18(12(3)4)14(19)10-17-7-5-6-13(9-17)8-16-22(15,20)21/h11-13,16H,5-10H2,1-4H3,(H2,15,20,21). The van der Waals surface area contributed by atoms with E-state index in [2.05, 4.69) is 9.62 Å². The molecular weight excluding hydrogens is 304 g/mol. The van der Waals surface area contributed by atoms with Crippen molar-refractivity contribution < 1.29 is 13.2 Å². The molecule has 0 saturated carbocycles. The van der Waals surface area contributed by atoms with Crippen molar-refractivity contribution in [3.05, 3.63) is 0 Å². The lowest BCUT2D eigenvalue weighted by Gasteiger charge is -2.36. The lowest BCUT2D eigenvalue weighted by molar-refractivity contribution is -0.136. The van der Waals surface area contributed by atoms with E-state index in [9.17, 15) is 13.2 Å². The molecule has 0 aromatic carbocycles. The summed E-state index contributed by atoms with van der Waals surface area (Å²) in [6, 6.07) is 0.356. The van der Waals surface area contributed by atoms with Crippen molar-refractivity contribution in [2.24, 2.45) is 11.1 Å². The average Bonchev–Trinajstić information content (AvgIpc) is 2.35. The highest BCUT2D eigenvalue weighted by atomic mass is 32.2. The summed E-state index contributed by atoms with van der Waals surface area (Å²) in [6.45, 7) is 10.4. The zero-order valence-electron chi connectivity index (χ0n) is 14.1. The van der Waals surface area contributed by atoms with Crippen LogP contribution in [0.5, 0.6) is 0 Å². The van der Waals surface area contributed by atoms with Crippen molar-refractivity contribution in [2.75, 3.05) is 26.2 Å². The number of nitrogens with zero attached hydrogens (tertiary/aromatic N) is 2. The van der Waals surface area contributed by atoms with Crippen molar-refractivity contribution in [3.8, 4) is 0 Å². The van der Waals surface area contributed by atoms with Gasteiger partial charge in [-0.05, 0) is 53.0 Å². The smallest absolute Gasteiger partial charge is 0.274 e. The zero-order valence-corrected chi connectivity index (χ0v) is 14.9. The Kier molecular flexibility index (Phi) is 7.24. The minimum Gasteiger partial charge on any atom is -0.337 e. The minimum atomic E-state index is -3.64. The molecule has 1 amide bonds. The van der Waals surface area contributed by atoms with Gasteiger partial charge in [0.05, 0.1) is 6.54 Å². The van der Waals surface area contributed by atoms with Crippen molar-refractivity contribution in [1.82, 2.24) is 14.5 Å². The molecular formula is C14H30N4O3S. The van der Waals surface area contributed by atoms with E-state index in [0.717, 1.165) is 25.9 Å². The largest absolute Gasteiger partial charge is 0.337 e. The van der Waals surface area contributed by atoms with Gasteiger partial charge in [-0.1, -0.05) is 0 Å². The normalized spacial score (nSPS) is 20.6. The van der Waals surface area contributed by atoms with Crippen LogP contribution in [0.15, 0.2) is 0 Å². The van der Waals surface area contributed by atoms with Gasteiger partial charge in [-0.15, -0.1) is 0 Å². The van der Waals surface area contributed by atoms with Crippen LogP contribution >= 0.6 is 0 Å². The molecule has 1 aliphatic rings. The second-order valence-corrected chi connectivity index (χ2v) is 8.00.